The molecule has 9 unspecified atom stereocenters. The van der Waals surface area contributed by atoms with Crippen molar-refractivity contribution in [2.45, 2.75) is 160 Å². The summed E-state index contributed by atoms with van der Waals surface area (Å²) < 4.78 is 42.0. The van der Waals surface area contributed by atoms with Crippen molar-refractivity contribution in [2.75, 3.05) is 72.2 Å². The minimum atomic E-state index is -0.733. The molecule has 1 saturated carbocycles. The van der Waals surface area contributed by atoms with E-state index in [4.69, 9.17) is 35.5 Å². The number of aliphatic imine (C=N–C) groups is 1. The Hall–Kier alpha value is -3.16. The van der Waals surface area contributed by atoms with Crippen molar-refractivity contribution >= 4 is 35.0 Å². The number of nitrogens with one attached hydrogen (secondary N) is 5. The van der Waals surface area contributed by atoms with Gasteiger partial charge in [0.25, 0.3) is 0 Å². The van der Waals surface area contributed by atoms with Gasteiger partial charge < -0.3 is 29.4 Å². The Labute approximate surface area is 454 Å². The van der Waals surface area contributed by atoms with Crippen LogP contribution >= 0.6 is 23.4 Å². The number of halogens is 2. The van der Waals surface area contributed by atoms with Crippen molar-refractivity contribution in [3.8, 4) is 17.6 Å². The molecule has 0 bridgehead atoms. The molecule has 1 spiro atoms. The fourth-order valence-electron chi connectivity index (χ4n) is 14.2. The average molecular weight is 1080 g/mol. The Kier molecular flexibility index (Phi) is 18.1. The number of hydrogen-bond donors (Lipinski definition) is 6. The van der Waals surface area contributed by atoms with Crippen LogP contribution in [0.15, 0.2) is 41.4 Å². The summed E-state index contributed by atoms with van der Waals surface area (Å²) in [6.07, 6.45) is 6.39. The summed E-state index contributed by atoms with van der Waals surface area (Å²) >= 11 is 8.27. The van der Waals surface area contributed by atoms with Gasteiger partial charge in [-0.25, -0.2) is 20.1 Å². The molecular weight excluding hydrogens is 995 g/mol. The predicted molar refractivity (Wildman–Crippen MR) is 291 cm³/mol. The summed E-state index contributed by atoms with van der Waals surface area (Å²) in [6, 6.07) is 12.0. The summed E-state index contributed by atoms with van der Waals surface area (Å²) in [5.41, 5.74) is 7.85. The molecular formula is C56H85ClFN10O6S+. The van der Waals surface area contributed by atoms with E-state index < -0.39 is 6.23 Å². The van der Waals surface area contributed by atoms with Crippen LogP contribution in [0.5, 0.6) is 11.5 Å². The number of hydrogen-bond acceptors (Lipinski definition) is 15. The number of hydrazine groups is 1. The quantitative estimate of drug-likeness (QED) is 0.0549. The molecule has 0 aromatic heterocycles. The smallest absolute Gasteiger partial charge is 0.230 e. The number of carbonyl (C=O) groups excluding carboxylic acids is 1. The van der Waals surface area contributed by atoms with Crippen LogP contribution in [0.4, 0.5) is 4.39 Å². The van der Waals surface area contributed by atoms with E-state index in [-0.39, 0.29) is 95.2 Å². The number of fused-ring (bicyclic) bond motifs is 3. The Morgan fingerprint density at radius 3 is 2.43 bits per heavy atom. The normalized spacial score (nSPS) is 33.0. The van der Waals surface area contributed by atoms with Gasteiger partial charge in [-0.1, -0.05) is 60.1 Å². The van der Waals surface area contributed by atoms with Gasteiger partial charge in [0.2, 0.25) is 12.2 Å². The van der Waals surface area contributed by atoms with Gasteiger partial charge in [-0.05, 0) is 82.2 Å². The number of quaternary nitrogens is 1. The Morgan fingerprint density at radius 1 is 1.01 bits per heavy atom. The highest BCUT2D eigenvalue weighted by atomic mass is 35.5. The van der Waals surface area contributed by atoms with Gasteiger partial charge in [0, 0.05) is 71.8 Å². The lowest BCUT2D eigenvalue weighted by Gasteiger charge is -2.63. The van der Waals surface area contributed by atoms with Crippen molar-refractivity contribution in [1.29, 1.82) is 5.26 Å². The zero-order chi connectivity index (χ0) is 53.2. The summed E-state index contributed by atoms with van der Waals surface area (Å²) in [7, 11) is 0. The standard InChI is InChI=1S/C56H84ClFN10O6S/c1-9-60-46(69)30-45-49-65-64-36(4)67(49)51-47(34(2)35(3)75-51)48(62-45)42-17-16-40(29-44(42)58)73-27-25-71-24-26-72-39-18-20-66(21-19-39)54-61-32-38(33-68(54)22-12-10-11-13-23-68)50(70)63-52-55(5,6)53(56(52,7)8)74-41-15-14-37(31-59)43(57)28-41/h14-17,28-29,34-36,38-39,45-47,49,51-54,60-61,64-65,69H,9-13,18-27,30,32-33H2,1-8H3/p+1/t34?,35?,36?,38?,45-,46?,47?,49?,51?,52?,53?,54?/m0/s1. The molecule has 6 fully saturated rings. The van der Waals surface area contributed by atoms with Gasteiger partial charge in [0.15, 0.2) is 0 Å². The van der Waals surface area contributed by atoms with E-state index in [1.807, 2.05) is 30.8 Å². The molecule has 414 valence electrons. The molecule has 7 aliphatic rings. The fraction of sp³-hybridized carbons (Fsp3) is 0.732. The van der Waals surface area contributed by atoms with Crippen molar-refractivity contribution in [3.63, 3.8) is 0 Å². The largest absolute Gasteiger partial charge is 0.491 e. The number of benzene rings is 2. The lowest BCUT2D eigenvalue weighted by molar-refractivity contribution is -0.971. The van der Waals surface area contributed by atoms with Crippen LogP contribution in [0.2, 0.25) is 5.02 Å². The highest BCUT2D eigenvalue weighted by Gasteiger charge is 2.65. The van der Waals surface area contributed by atoms with Gasteiger partial charge in [-0.3, -0.25) is 29.8 Å². The molecule has 10 atom stereocenters. The summed E-state index contributed by atoms with van der Waals surface area (Å²) in [6.45, 7) is 24.9. The second kappa shape index (κ2) is 24.1. The van der Waals surface area contributed by atoms with Crippen LogP contribution in [0, 0.1) is 45.7 Å². The first-order valence-electron chi connectivity index (χ1n) is 28.0. The first-order valence-corrected chi connectivity index (χ1v) is 29.3. The van der Waals surface area contributed by atoms with Gasteiger partial charge >= 0.3 is 0 Å². The molecule has 75 heavy (non-hydrogen) atoms. The number of ether oxygens (including phenoxy) is 4. The minimum absolute atomic E-state index is 0.00426. The molecule has 6 heterocycles. The van der Waals surface area contributed by atoms with Crippen molar-refractivity contribution < 1.29 is 37.7 Å². The Morgan fingerprint density at radius 2 is 1.73 bits per heavy atom. The minimum Gasteiger partial charge on any atom is -0.491 e. The molecule has 6 N–H and O–H groups in total. The number of aliphatic hydroxyl groups is 1. The zero-order valence-electron chi connectivity index (χ0n) is 45.6. The highest BCUT2D eigenvalue weighted by molar-refractivity contribution is 8.00. The van der Waals surface area contributed by atoms with E-state index >= 15 is 4.39 Å². The van der Waals surface area contributed by atoms with Gasteiger partial charge in [0.1, 0.15) is 42.3 Å². The second-order valence-corrected chi connectivity index (χ2v) is 25.6. The van der Waals surface area contributed by atoms with Crippen LogP contribution in [-0.4, -0.2) is 163 Å². The van der Waals surface area contributed by atoms with Crippen molar-refractivity contribution in [1.82, 2.24) is 36.6 Å². The number of rotatable bonds is 18. The molecule has 9 rings (SSSR count). The number of likely N-dealkylation sites (tertiary alicyclic amines) is 1. The molecule has 1 aliphatic carbocycles. The SMILES string of the molecule is CCNC(O)C[C@@H]1N=C(c2ccc(OCCOCCOC3CCN(C4NCC(C(=O)NC5C(C)(C)C(Oc6ccc(C#N)c(Cl)c6)C5(C)C)C[N+]45CCCCCC5)CC3)cc2F)C2C(C)C(C)SC2N2C(C)NNC12. The average Bonchev–Trinajstić information content (AvgIpc) is 3.75. The third-order valence-corrected chi connectivity index (χ3v) is 19.9. The number of carbonyl (C=O) groups is 1. The second-order valence-electron chi connectivity index (χ2n) is 23.6. The number of amides is 1. The maximum atomic E-state index is 16.3. The van der Waals surface area contributed by atoms with E-state index in [0.29, 0.717) is 72.2 Å². The highest BCUT2D eigenvalue weighted by Crippen LogP contribution is 2.56. The maximum Gasteiger partial charge on any atom is 0.230 e. The van der Waals surface area contributed by atoms with Gasteiger partial charge in [-0.15, -0.1) is 11.8 Å². The lowest BCUT2D eigenvalue weighted by Crippen LogP contribution is -2.77. The lowest BCUT2D eigenvalue weighted by atomic mass is 9.49. The molecule has 2 aromatic rings. The van der Waals surface area contributed by atoms with Crippen molar-refractivity contribution in [3.05, 3.63) is 58.4 Å². The van der Waals surface area contributed by atoms with Gasteiger partial charge in [-0.2, -0.15) is 5.26 Å². The van der Waals surface area contributed by atoms with Gasteiger partial charge in [0.05, 0.1) is 91.5 Å². The number of thioether (sulfide) groups is 1. The number of piperidine rings is 1. The summed E-state index contributed by atoms with van der Waals surface area (Å²) in [5, 5.41) is 31.6. The molecule has 19 heteroatoms. The third-order valence-electron chi connectivity index (χ3n) is 17.9. The van der Waals surface area contributed by atoms with Crippen LogP contribution < -0.4 is 36.3 Å². The van der Waals surface area contributed by atoms with Crippen LogP contribution in [0.3, 0.4) is 0 Å². The van der Waals surface area contributed by atoms with Crippen molar-refractivity contribution in [2.24, 2.45) is 33.6 Å². The first-order chi connectivity index (χ1) is 35.9. The van der Waals surface area contributed by atoms with E-state index in [1.54, 1.807) is 18.2 Å². The monoisotopic (exact) mass is 1080 g/mol. The first kappa shape index (κ1) is 56.6. The molecule has 5 saturated heterocycles. The molecule has 2 aromatic carbocycles. The van der Waals surface area contributed by atoms with E-state index in [1.165, 1.54) is 18.9 Å². The third kappa shape index (κ3) is 11.9. The van der Waals surface area contributed by atoms with Crippen LogP contribution in [-0.2, 0) is 14.3 Å². The molecule has 16 nitrogen and oxygen atoms in total. The molecule has 0 radical (unpaired) electrons. The van der Waals surface area contributed by atoms with E-state index in [0.717, 1.165) is 68.6 Å². The summed E-state index contributed by atoms with van der Waals surface area (Å²) in [5.74, 6) is 0.949. The Balaban J connectivity index is 0.724. The Bertz CT molecular complexity index is 2350. The topological polar surface area (TPSA) is 177 Å². The summed E-state index contributed by atoms with van der Waals surface area (Å²) in [4.78, 5) is 24.7. The maximum absolute atomic E-state index is 16.3. The molecule has 6 aliphatic heterocycles. The number of nitriles is 1. The van der Waals surface area contributed by atoms with E-state index in [2.05, 4.69) is 91.1 Å². The molecule has 1 amide bonds. The number of aliphatic hydroxyl groups excluding tert-OH is 1. The van der Waals surface area contributed by atoms with Crippen LogP contribution in [0.1, 0.15) is 111 Å². The fourth-order valence-corrected chi connectivity index (χ4v) is 16.2. The predicted octanol–water partition coefficient (Wildman–Crippen LogP) is 6.40. The van der Waals surface area contributed by atoms with E-state index in [9.17, 15) is 15.2 Å². The zero-order valence-corrected chi connectivity index (χ0v) is 47.2. The van der Waals surface area contributed by atoms with Crippen LogP contribution in [0.25, 0.3) is 0 Å². The number of nitrogens with zero attached hydrogens (tertiary/aromatic N) is 5.